The minimum Gasteiger partial charge on any atom is -0.355 e. The van der Waals surface area contributed by atoms with E-state index in [1.807, 2.05) is 6.08 Å². The van der Waals surface area contributed by atoms with Gasteiger partial charge in [0.1, 0.15) is 0 Å². The van der Waals surface area contributed by atoms with Gasteiger partial charge in [0.25, 0.3) is 0 Å². The monoisotopic (exact) mass is 264 g/mol. The minimum atomic E-state index is 0.969. The second-order valence-electron chi connectivity index (χ2n) is 5.61. The van der Waals surface area contributed by atoms with Crippen molar-refractivity contribution in [1.82, 2.24) is 4.90 Å². The molecule has 0 atom stereocenters. The Hall–Kier alpha value is -0.790. The van der Waals surface area contributed by atoms with Gasteiger partial charge in [-0.1, -0.05) is 64.4 Å². The molecular weight excluding hydrogens is 232 g/mol. The topological polar surface area (TPSA) is 15.6 Å². The molecule has 0 aliphatic carbocycles. The lowest BCUT2D eigenvalue weighted by atomic mass is 10.1. The Bertz CT molecular complexity index is 258. The van der Waals surface area contributed by atoms with Gasteiger partial charge in [-0.15, -0.1) is 6.58 Å². The average molecular weight is 264 g/mol. The number of unbranched alkanes of at least 4 members (excludes halogenated alkanes) is 8. The molecule has 1 heterocycles. The van der Waals surface area contributed by atoms with Gasteiger partial charge >= 0.3 is 0 Å². The predicted octanol–water partition coefficient (Wildman–Crippen LogP) is 4.81. The Kier molecular flexibility index (Phi) is 9.48. The van der Waals surface area contributed by atoms with Crippen molar-refractivity contribution in [3.05, 3.63) is 12.7 Å². The molecule has 0 saturated heterocycles. The summed E-state index contributed by atoms with van der Waals surface area (Å²) in [6.07, 6.45) is 15.7. The number of nitrogens with zero attached hydrogens (tertiary/aromatic N) is 2. The summed E-state index contributed by atoms with van der Waals surface area (Å²) in [4.78, 5) is 6.97. The molecule has 1 rings (SSSR count). The first kappa shape index (κ1) is 16.3. The van der Waals surface area contributed by atoms with Crippen molar-refractivity contribution in [2.24, 2.45) is 4.99 Å². The molecule has 0 aromatic carbocycles. The van der Waals surface area contributed by atoms with Crippen LogP contribution < -0.4 is 0 Å². The SMILES string of the molecule is C=CCN1CCN=C1CCCCCCCCCCC. The van der Waals surface area contributed by atoms with Gasteiger partial charge in [0.05, 0.1) is 12.4 Å². The largest absolute Gasteiger partial charge is 0.355 e. The quantitative estimate of drug-likeness (QED) is 0.365. The third-order valence-corrected chi connectivity index (χ3v) is 3.88. The molecule has 0 amide bonds. The maximum Gasteiger partial charge on any atom is 0.0993 e. The van der Waals surface area contributed by atoms with E-state index in [-0.39, 0.29) is 0 Å². The molecule has 110 valence electrons. The van der Waals surface area contributed by atoms with E-state index in [0.717, 1.165) is 19.6 Å². The predicted molar refractivity (Wildman–Crippen MR) is 85.9 cm³/mol. The molecule has 0 saturated carbocycles. The molecule has 0 radical (unpaired) electrons. The van der Waals surface area contributed by atoms with Gasteiger partial charge in [-0.2, -0.15) is 0 Å². The van der Waals surface area contributed by atoms with Gasteiger partial charge in [0, 0.05) is 19.5 Å². The summed E-state index contributed by atoms with van der Waals surface area (Å²) in [5.41, 5.74) is 0. The number of rotatable bonds is 12. The molecule has 1 aliphatic heterocycles. The van der Waals surface area contributed by atoms with Crippen molar-refractivity contribution in [2.45, 2.75) is 71.1 Å². The van der Waals surface area contributed by atoms with Crippen LogP contribution in [0.15, 0.2) is 17.6 Å². The van der Waals surface area contributed by atoms with E-state index in [2.05, 4.69) is 23.4 Å². The van der Waals surface area contributed by atoms with Crippen molar-refractivity contribution < 1.29 is 0 Å². The number of hydrogen-bond donors (Lipinski definition) is 0. The summed E-state index contributed by atoms with van der Waals surface area (Å²) in [7, 11) is 0. The molecule has 0 unspecified atom stereocenters. The smallest absolute Gasteiger partial charge is 0.0993 e. The third-order valence-electron chi connectivity index (χ3n) is 3.88. The summed E-state index contributed by atoms with van der Waals surface area (Å²) in [6, 6.07) is 0. The van der Waals surface area contributed by atoms with Crippen LogP contribution in [0.4, 0.5) is 0 Å². The van der Waals surface area contributed by atoms with Gasteiger partial charge in [0.2, 0.25) is 0 Å². The van der Waals surface area contributed by atoms with Gasteiger partial charge in [-0.05, 0) is 6.42 Å². The van der Waals surface area contributed by atoms with Crippen molar-refractivity contribution in [1.29, 1.82) is 0 Å². The van der Waals surface area contributed by atoms with Crippen LogP contribution in [-0.4, -0.2) is 30.4 Å². The van der Waals surface area contributed by atoms with Crippen LogP contribution in [0, 0.1) is 0 Å². The van der Waals surface area contributed by atoms with Gasteiger partial charge < -0.3 is 4.90 Å². The van der Waals surface area contributed by atoms with Crippen molar-refractivity contribution >= 4 is 5.84 Å². The molecule has 0 fully saturated rings. The molecule has 0 aromatic heterocycles. The Labute approximate surface area is 120 Å². The van der Waals surface area contributed by atoms with Crippen LogP contribution in [0.1, 0.15) is 71.1 Å². The molecule has 1 aliphatic rings. The lowest BCUT2D eigenvalue weighted by molar-refractivity contribution is 0.491. The fourth-order valence-corrected chi connectivity index (χ4v) is 2.71. The van der Waals surface area contributed by atoms with E-state index in [1.54, 1.807) is 0 Å². The molecule has 0 bridgehead atoms. The maximum atomic E-state index is 4.60. The van der Waals surface area contributed by atoms with Crippen LogP contribution in [0.25, 0.3) is 0 Å². The van der Waals surface area contributed by atoms with Crippen LogP contribution in [-0.2, 0) is 0 Å². The first-order valence-electron chi connectivity index (χ1n) is 8.27. The lowest BCUT2D eigenvalue weighted by Gasteiger charge is -2.18. The zero-order chi connectivity index (χ0) is 13.8. The minimum absolute atomic E-state index is 0.969. The van der Waals surface area contributed by atoms with E-state index >= 15 is 0 Å². The summed E-state index contributed by atoms with van der Waals surface area (Å²) in [5, 5.41) is 0. The lowest BCUT2D eigenvalue weighted by Crippen LogP contribution is -2.27. The normalized spacial score (nSPS) is 14.8. The second-order valence-corrected chi connectivity index (χ2v) is 5.61. The fraction of sp³-hybridized carbons (Fsp3) is 0.824. The highest BCUT2D eigenvalue weighted by Gasteiger charge is 2.14. The summed E-state index contributed by atoms with van der Waals surface area (Å²) in [6.45, 7) is 9.14. The number of aliphatic imine (C=N–C) groups is 1. The summed E-state index contributed by atoms with van der Waals surface area (Å²) < 4.78 is 0. The van der Waals surface area contributed by atoms with Gasteiger partial charge in [-0.25, -0.2) is 0 Å². The highest BCUT2D eigenvalue weighted by molar-refractivity contribution is 5.83. The van der Waals surface area contributed by atoms with E-state index in [1.165, 1.54) is 70.0 Å². The van der Waals surface area contributed by atoms with Crippen LogP contribution in [0.5, 0.6) is 0 Å². The summed E-state index contributed by atoms with van der Waals surface area (Å²) >= 11 is 0. The van der Waals surface area contributed by atoms with E-state index < -0.39 is 0 Å². The Morgan fingerprint density at radius 1 is 1.05 bits per heavy atom. The summed E-state index contributed by atoms with van der Waals surface area (Å²) in [5.74, 6) is 1.32. The molecule has 2 heteroatoms. The highest BCUT2D eigenvalue weighted by Crippen LogP contribution is 2.13. The standard InChI is InChI=1S/C17H32N2/c1-3-5-6-7-8-9-10-11-12-13-17-18-14-16-19(17)15-4-2/h4H,2-3,5-16H2,1H3. The van der Waals surface area contributed by atoms with E-state index in [0.29, 0.717) is 0 Å². The van der Waals surface area contributed by atoms with Crippen LogP contribution in [0.2, 0.25) is 0 Å². The van der Waals surface area contributed by atoms with Crippen molar-refractivity contribution in [2.75, 3.05) is 19.6 Å². The van der Waals surface area contributed by atoms with Crippen molar-refractivity contribution in [3.63, 3.8) is 0 Å². The Morgan fingerprint density at radius 2 is 1.68 bits per heavy atom. The first-order chi connectivity index (χ1) is 9.38. The molecule has 0 spiro atoms. The zero-order valence-electron chi connectivity index (χ0n) is 12.9. The number of hydrogen-bond acceptors (Lipinski definition) is 2. The molecule has 0 aromatic rings. The fourth-order valence-electron chi connectivity index (χ4n) is 2.71. The van der Waals surface area contributed by atoms with E-state index in [9.17, 15) is 0 Å². The molecule has 2 nitrogen and oxygen atoms in total. The van der Waals surface area contributed by atoms with Crippen LogP contribution >= 0.6 is 0 Å². The average Bonchev–Trinajstić information content (AvgIpc) is 2.85. The first-order valence-corrected chi connectivity index (χ1v) is 8.27. The zero-order valence-corrected chi connectivity index (χ0v) is 12.9. The molecule has 0 N–H and O–H groups in total. The van der Waals surface area contributed by atoms with Crippen LogP contribution in [0.3, 0.4) is 0 Å². The molecule has 19 heavy (non-hydrogen) atoms. The van der Waals surface area contributed by atoms with Gasteiger partial charge in [-0.3, -0.25) is 4.99 Å². The third kappa shape index (κ3) is 7.39. The Balaban J connectivity index is 1.92. The Morgan fingerprint density at radius 3 is 2.32 bits per heavy atom. The second kappa shape index (κ2) is 11.1. The maximum absolute atomic E-state index is 4.60. The van der Waals surface area contributed by atoms with Crippen molar-refractivity contribution in [3.8, 4) is 0 Å². The molecular formula is C17H32N2. The van der Waals surface area contributed by atoms with Gasteiger partial charge in [0.15, 0.2) is 0 Å². The number of amidine groups is 1. The van der Waals surface area contributed by atoms with E-state index in [4.69, 9.17) is 0 Å². The highest BCUT2D eigenvalue weighted by atomic mass is 15.2.